The molecule has 1 rings (SSSR count). The van der Waals surface area contributed by atoms with Gasteiger partial charge in [-0.1, -0.05) is 12.1 Å². The number of carbonyl (C=O) groups excluding carboxylic acids is 1. The third-order valence-corrected chi connectivity index (χ3v) is 2.62. The first-order valence-electron chi connectivity index (χ1n) is 5.78. The zero-order valence-electron chi connectivity index (χ0n) is 10.4. The third-order valence-electron chi connectivity index (χ3n) is 2.62. The Morgan fingerprint density at radius 1 is 1.28 bits per heavy atom. The molecule has 5 heteroatoms. The number of hydrogen-bond donors (Lipinski definition) is 2. The van der Waals surface area contributed by atoms with Crippen molar-refractivity contribution in [2.75, 3.05) is 13.6 Å². The first-order valence-corrected chi connectivity index (χ1v) is 5.78. The molecule has 0 spiro atoms. The van der Waals surface area contributed by atoms with E-state index in [9.17, 15) is 9.59 Å². The van der Waals surface area contributed by atoms with E-state index in [0.717, 1.165) is 18.7 Å². The maximum absolute atomic E-state index is 10.9. The largest absolute Gasteiger partial charge is 0.481 e. The molecule has 0 fully saturated rings. The summed E-state index contributed by atoms with van der Waals surface area (Å²) in [5, 5.41) is 8.54. The summed E-state index contributed by atoms with van der Waals surface area (Å²) in [5.41, 5.74) is 6.71. The lowest BCUT2D eigenvalue weighted by molar-refractivity contribution is -0.137. The second kappa shape index (κ2) is 6.76. The summed E-state index contributed by atoms with van der Waals surface area (Å²) in [7, 11) is 1.93. The Morgan fingerprint density at radius 2 is 1.89 bits per heavy atom. The van der Waals surface area contributed by atoms with Gasteiger partial charge in [0.2, 0.25) is 5.91 Å². The Bertz CT molecular complexity index is 415. The summed E-state index contributed by atoms with van der Waals surface area (Å²) < 4.78 is 0. The van der Waals surface area contributed by atoms with E-state index < -0.39 is 11.9 Å². The minimum Gasteiger partial charge on any atom is -0.481 e. The van der Waals surface area contributed by atoms with Crippen molar-refractivity contribution < 1.29 is 14.7 Å². The van der Waals surface area contributed by atoms with Gasteiger partial charge in [0.1, 0.15) is 0 Å². The van der Waals surface area contributed by atoms with Crippen LogP contribution in [0.2, 0.25) is 0 Å². The van der Waals surface area contributed by atoms with Crippen LogP contribution in [0.1, 0.15) is 28.8 Å². The quantitative estimate of drug-likeness (QED) is 0.758. The maximum Gasteiger partial charge on any atom is 0.303 e. The molecule has 0 saturated carbocycles. The summed E-state index contributed by atoms with van der Waals surface area (Å²) in [6.07, 6.45) is 0.816. The van der Waals surface area contributed by atoms with E-state index in [1.807, 2.05) is 24.1 Å². The number of nitrogens with two attached hydrogens (primary N) is 1. The summed E-state index contributed by atoms with van der Waals surface area (Å²) in [5.74, 6) is -1.20. The summed E-state index contributed by atoms with van der Waals surface area (Å²) in [6, 6.07) is 7.10. The first-order chi connectivity index (χ1) is 8.49. The second-order valence-electron chi connectivity index (χ2n) is 4.30. The highest BCUT2D eigenvalue weighted by molar-refractivity contribution is 5.92. The van der Waals surface area contributed by atoms with Crippen molar-refractivity contribution in [1.82, 2.24) is 4.90 Å². The number of primary amides is 1. The first kappa shape index (κ1) is 14.2. The van der Waals surface area contributed by atoms with E-state index >= 15 is 0 Å². The van der Waals surface area contributed by atoms with Gasteiger partial charge in [0, 0.05) is 18.5 Å². The van der Waals surface area contributed by atoms with Crippen LogP contribution < -0.4 is 5.73 Å². The molecule has 3 N–H and O–H groups in total. The van der Waals surface area contributed by atoms with Gasteiger partial charge < -0.3 is 15.7 Å². The molecular weight excluding hydrogens is 232 g/mol. The van der Waals surface area contributed by atoms with Gasteiger partial charge in [-0.3, -0.25) is 9.59 Å². The van der Waals surface area contributed by atoms with Crippen LogP contribution in [0.3, 0.4) is 0 Å². The van der Waals surface area contributed by atoms with E-state index in [0.29, 0.717) is 12.0 Å². The molecular formula is C13H18N2O3. The van der Waals surface area contributed by atoms with Crippen molar-refractivity contribution in [3.8, 4) is 0 Å². The van der Waals surface area contributed by atoms with Crippen LogP contribution in [0.5, 0.6) is 0 Å². The average molecular weight is 250 g/mol. The molecule has 18 heavy (non-hydrogen) atoms. The van der Waals surface area contributed by atoms with Crippen LogP contribution in [0, 0.1) is 0 Å². The normalized spacial score (nSPS) is 10.6. The van der Waals surface area contributed by atoms with Gasteiger partial charge in [-0.05, 0) is 37.7 Å². The molecule has 5 nitrogen and oxygen atoms in total. The van der Waals surface area contributed by atoms with Crippen LogP contribution in [0.15, 0.2) is 24.3 Å². The van der Waals surface area contributed by atoms with E-state index in [4.69, 9.17) is 10.8 Å². The van der Waals surface area contributed by atoms with Crippen molar-refractivity contribution in [2.45, 2.75) is 19.4 Å². The molecule has 0 atom stereocenters. The van der Waals surface area contributed by atoms with Crippen LogP contribution in [0.4, 0.5) is 0 Å². The fraction of sp³-hybridized carbons (Fsp3) is 0.385. The molecule has 0 aliphatic carbocycles. The van der Waals surface area contributed by atoms with Gasteiger partial charge >= 0.3 is 5.97 Å². The summed E-state index contributed by atoms with van der Waals surface area (Å²) >= 11 is 0. The fourth-order valence-electron chi connectivity index (χ4n) is 1.67. The van der Waals surface area contributed by atoms with Crippen molar-refractivity contribution in [3.63, 3.8) is 0 Å². The number of hydrogen-bond acceptors (Lipinski definition) is 3. The highest BCUT2D eigenvalue weighted by atomic mass is 16.4. The summed E-state index contributed by atoms with van der Waals surface area (Å²) in [4.78, 5) is 23.3. The van der Waals surface area contributed by atoms with Crippen molar-refractivity contribution in [2.24, 2.45) is 5.73 Å². The number of benzene rings is 1. The smallest absolute Gasteiger partial charge is 0.303 e. The van der Waals surface area contributed by atoms with Gasteiger partial charge in [-0.25, -0.2) is 0 Å². The molecule has 1 aromatic carbocycles. The lowest BCUT2D eigenvalue weighted by atomic mass is 10.1. The Balaban J connectivity index is 2.41. The molecule has 0 heterocycles. The van der Waals surface area contributed by atoms with E-state index in [-0.39, 0.29) is 6.42 Å². The molecule has 0 aliphatic rings. The van der Waals surface area contributed by atoms with Gasteiger partial charge in [0.15, 0.2) is 0 Å². The number of carbonyl (C=O) groups is 2. The Hall–Kier alpha value is -1.88. The monoisotopic (exact) mass is 250 g/mol. The molecule has 0 bridgehead atoms. The predicted octanol–water partition coefficient (Wildman–Crippen LogP) is 1.08. The van der Waals surface area contributed by atoms with Gasteiger partial charge in [-0.2, -0.15) is 0 Å². The van der Waals surface area contributed by atoms with E-state index in [1.165, 1.54) is 0 Å². The molecule has 0 unspecified atom stereocenters. The standard InChI is InChI=1S/C13H18N2O3/c1-15(8-2-3-12(16)17)9-10-4-6-11(7-5-10)13(14)18/h4-7H,2-3,8-9H2,1H3,(H2,14,18)(H,16,17). The van der Waals surface area contributed by atoms with Crippen molar-refractivity contribution >= 4 is 11.9 Å². The average Bonchev–Trinajstić information content (AvgIpc) is 2.29. The number of carboxylic acid groups (broad SMARTS) is 1. The molecule has 98 valence electrons. The molecule has 1 aromatic rings. The van der Waals surface area contributed by atoms with E-state index in [1.54, 1.807) is 12.1 Å². The molecule has 0 radical (unpaired) electrons. The van der Waals surface area contributed by atoms with Crippen LogP contribution >= 0.6 is 0 Å². The fourth-order valence-corrected chi connectivity index (χ4v) is 1.67. The third kappa shape index (κ3) is 4.97. The number of rotatable bonds is 7. The maximum atomic E-state index is 10.9. The lowest BCUT2D eigenvalue weighted by Crippen LogP contribution is -2.20. The number of amides is 1. The minimum absolute atomic E-state index is 0.185. The van der Waals surface area contributed by atoms with Crippen LogP contribution in [-0.4, -0.2) is 35.5 Å². The number of nitrogens with zero attached hydrogens (tertiary/aromatic N) is 1. The van der Waals surface area contributed by atoms with Crippen LogP contribution in [-0.2, 0) is 11.3 Å². The van der Waals surface area contributed by atoms with E-state index in [2.05, 4.69) is 0 Å². The van der Waals surface area contributed by atoms with Crippen molar-refractivity contribution in [3.05, 3.63) is 35.4 Å². The highest BCUT2D eigenvalue weighted by Gasteiger charge is 2.04. The SMILES string of the molecule is CN(CCCC(=O)O)Cc1ccc(C(N)=O)cc1. The van der Waals surface area contributed by atoms with Gasteiger partial charge in [0.05, 0.1) is 0 Å². The predicted molar refractivity (Wildman–Crippen MR) is 68.2 cm³/mol. The topological polar surface area (TPSA) is 83.6 Å². The Morgan fingerprint density at radius 3 is 2.39 bits per heavy atom. The zero-order valence-corrected chi connectivity index (χ0v) is 10.4. The number of carboxylic acids is 1. The highest BCUT2D eigenvalue weighted by Crippen LogP contribution is 2.07. The van der Waals surface area contributed by atoms with Gasteiger partial charge in [0.25, 0.3) is 0 Å². The summed E-state index contributed by atoms with van der Waals surface area (Å²) in [6.45, 7) is 1.45. The lowest BCUT2D eigenvalue weighted by Gasteiger charge is -2.16. The number of aliphatic carboxylic acids is 1. The molecule has 0 aliphatic heterocycles. The second-order valence-corrected chi connectivity index (χ2v) is 4.30. The Kier molecular flexibility index (Phi) is 5.32. The Labute approximate surface area is 106 Å². The minimum atomic E-state index is -0.769. The molecule has 0 aromatic heterocycles. The zero-order chi connectivity index (χ0) is 13.5. The van der Waals surface area contributed by atoms with Crippen LogP contribution in [0.25, 0.3) is 0 Å². The molecule has 1 amide bonds. The van der Waals surface area contributed by atoms with Crippen molar-refractivity contribution in [1.29, 1.82) is 0 Å². The van der Waals surface area contributed by atoms with Gasteiger partial charge in [-0.15, -0.1) is 0 Å². The molecule has 0 saturated heterocycles.